The van der Waals surface area contributed by atoms with Gasteiger partial charge in [-0.25, -0.2) is 0 Å². The highest BCUT2D eigenvalue weighted by molar-refractivity contribution is 6.35. The van der Waals surface area contributed by atoms with E-state index in [2.05, 4.69) is 18.9 Å². The van der Waals surface area contributed by atoms with Gasteiger partial charge in [-0.2, -0.15) is 5.05 Å². The van der Waals surface area contributed by atoms with E-state index in [1.807, 2.05) is 0 Å². The summed E-state index contributed by atoms with van der Waals surface area (Å²) in [5.74, 6) is 2.24. The molecule has 3 saturated carbocycles. The molecular weight excluding hydrogens is 180 g/mol. The van der Waals surface area contributed by atoms with Crippen molar-refractivity contribution < 1.29 is 0 Å². The Morgan fingerprint density at radius 3 is 2.25 bits per heavy atom. The SMILES string of the molecule is Cl.[CH3][Mg][CH]1CCC2CC1C2(C)C. The Morgan fingerprint density at radius 2 is 1.92 bits per heavy atom. The molecule has 0 aliphatic heterocycles. The number of hydrogen-bond donors (Lipinski definition) is 0. The molecule has 68 valence electrons. The average Bonchev–Trinajstić information content (AvgIpc) is 2.04. The summed E-state index contributed by atoms with van der Waals surface area (Å²) < 4.78 is 1.20. The minimum absolute atomic E-state index is 0. The first-order valence-corrected chi connectivity index (χ1v) is 7.39. The Labute approximate surface area is 92.0 Å². The lowest BCUT2D eigenvalue weighted by Gasteiger charge is -2.61. The van der Waals surface area contributed by atoms with Crippen LogP contribution in [0.25, 0.3) is 0 Å². The second kappa shape index (κ2) is 3.66. The number of rotatable bonds is 1. The zero-order valence-electron chi connectivity index (χ0n) is 8.47. The van der Waals surface area contributed by atoms with E-state index < -0.39 is 0 Å². The van der Waals surface area contributed by atoms with Crippen LogP contribution < -0.4 is 0 Å². The third-order valence-corrected chi connectivity index (χ3v) is 6.55. The maximum absolute atomic E-state index is 2.50. The van der Waals surface area contributed by atoms with Gasteiger partial charge in [0.1, 0.15) is 0 Å². The molecule has 2 bridgehead atoms. The predicted octanol–water partition coefficient (Wildman–Crippen LogP) is 3.41. The summed E-state index contributed by atoms with van der Waals surface area (Å²) in [6.45, 7) is 5.00. The van der Waals surface area contributed by atoms with Gasteiger partial charge in [0, 0.05) is 0 Å². The van der Waals surface area contributed by atoms with Crippen LogP contribution in [0.15, 0.2) is 0 Å². The molecule has 0 saturated heterocycles. The molecular formula is C10H19ClMg. The van der Waals surface area contributed by atoms with E-state index in [0.717, 1.165) is 17.3 Å². The lowest BCUT2D eigenvalue weighted by atomic mass is 9.48. The summed E-state index contributed by atoms with van der Waals surface area (Å²) in [7, 11) is 0. The monoisotopic (exact) mass is 198 g/mol. The second-order valence-electron chi connectivity index (χ2n) is 5.11. The van der Waals surface area contributed by atoms with Gasteiger partial charge in [-0.05, 0) is 17.8 Å². The third-order valence-electron chi connectivity index (χ3n) is 4.53. The van der Waals surface area contributed by atoms with Crippen molar-refractivity contribution in [3.05, 3.63) is 0 Å². The van der Waals surface area contributed by atoms with Crippen LogP contribution in [0.1, 0.15) is 33.1 Å². The molecule has 0 N–H and O–H groups in total. The first-order valence-electron chi connectivity index (χ1n) is 5.16. The molecule has 3 atom stereocenters. The Bertz CT molecular complexity index is 165. The molecule has 0 aromatic carbocycles. The zero-order chi connectivity index (χ0) is 8.06. The van der Waals surface area contributed by atoms with Crippen molar-refractivity contribution in [2.45, 2.75) is 42.2 Å². The van der Waals surface area contributed by atoms with Crippen LogP contribution in [0.3, 0.4) is 0 Å². The van der Waals surface area contributed by atoms with Gasteiger partial charge in [-0.3, -0.25) is 0 Å². The van der Waals surface area contributed by atoms with Gasteiger partial charge in [-0.1, -0.05) is 32.6 Å². The average molecular weight is 199 g/mol. The fourth-order valence-corrected chi connectivity index (χ4v) is 5.46. The van der Waals surface area contributed by atoms with Gasteiger partial charge in [0.25, 0.3) is 0 Å². The molecule has 0 aromatic heterocycles. The van der Waals surface area contributed by atoms with E-state index in [4.69, 9.17) is 0 Å². The summed E-state index contributed by atoms with van der Waals surface area (Å²) in [5, 5.41) is 2.50. The van der Waals surface area contributed by atoms with Gasteiger partial charge in [0.05, 0.1) is 0 Å². The molecule has 0 heterocycles. The van der Waals surface area contributed by atoms with Crippen LogP contribution in [0.5, 0.6) is 0 Å². The summed E-state index contributed by atoms with van der Waals surface area (Å²) in [5.41, 5.74) is 0.742. The minimum atomic E-state index is 0. The van der Waals surface area contributed by atoms with E-state index in [9.17, 15) is 0 Å². The van der Waals surface area contributed by atoms with Crippen LogP contribution in [0.4, 0.5) is 0 Å². The van der Waals surface area contributed by atoms with Crippen molar-refractivity contribution in [1.82, 2.24) is 0 Å². The first-order chi connectivity index (χ1) is 5.16. The van der Waals surface area contributed by atoms with Crippen molar-refractivity contribution in [1.29, 1.82) is 0 Å². The predicted molar refractivity (Wildman–Crippen MR) is 57.2 cm³/mol. The lowest BCUT2D eigenvalue weighted by Crippen LogP contribution is -2.51. The Hall–Kier alpha value is 1.06. The molecule has 12 heavy (non-hydrogen) atoms. The third kappa shape index (κ3) is 1.42. The lowest BCUT2D eigenvalue weighted by molar-refractivity contribution is -0.0642. The van der Waals surface area contributed by atoms with Gasteiger partial charge >= 0.3 is 20.4 Å². The van der Waals surface area contributed by atoms with E-state index >= 15 is 0 Å². The van der Waals surface area contributed by atoms with Gasteiger partial charge < -0.3 is 0 Å². The van der Waals surface area contributed by atoms with Gasteiger partial charge in [-0.15, -0.1) is 16.5 Å². The van der Waals surface area contributed by atoms with Crippen LogP contribution in [0.2, 0.25) is 9.10 Å². The van der Waals surface area contributed by atoms with Crippen LogP contribution in [-0.2, 0) is 0 Å². The molecule has 3 rings (SSSR count). The van der Waals surface area contributed by atoms with Crippen LogP contribution in [-0.4, -0.2) is 20.4 Å². The fraction of sp³-hybridized carbons (Fsp3) is 1.00. The summed E-state index contributed by atoms with van der Waals surface area (Å²) in [6, 6.07) is 0. The molecule has 0 radical (unpaired) electrons. The molecule has 3 aliphatic rings. The Kier molecular flexibility index (Phi) is 3.40. The molecule has 0 spiro atoms. The number of hydrogen-bond acceptors (Lipinski definition) is 0. The standard InChI is InChI=1S/C9H15.CH3.ClH.Mg/c1-9(2)7-4-3-5-8(9)6-7;;;/h4,7-8H,3,5-6H2,1-2H3;1H3;1H;. The van der Waals surface area contributed by atoms with E-state index in [1.165, 1.54) is 4.05 Å². The molecule has 0 nitrogen and oxygen atoms in total. The Balaban J connectivity index is 0.000000720. The van der Waals surface area contributed by atoms with Crippen molar-refractivity contribution >= 4 is 32.8 Å². The highest BCUT2D eigenvalue weighted by Gasteiger charge is 2.52. The molecule has 3 unspecified atom stereocenters. The zero-order valence-corrected chi connectivity index (χ0v) is 10.7. The smallest absolute Gasteiger partial charge is 0.157 e. The van der Waals surface area contributed by atoms with Gasteiger partial charge in [0.15, 0.2) is 0 Å². The van der Waals surface area contributed by atoms with E-state index in [-0.39, 0.29) is 32.8 Å². The normalized spacial score (nSPS) is 42.1. The maximum Gasteiger partial charge on any atom is 0.365 e. The van der Waals surface area contributed by atoms with Gasteiger partial charge in [0.2, 0.25) is 0 Å². The summed E-state index contributed by atoms with van der Waals surface area (Å²) in [4.78, 5) is 0. The van der Waals surface area contributed by atoms with Crippen LogP contribution >= 0.6 is 12.4 Å². The van der Waals surface area contributed by atoms with Crippen molar-refractivity contribution in [2.24, 2.45) is 17.3 Å². The van der Waals surface area contributed by atoms with Crippen molar-refractivity contribution in [3.8, 4) is 0 Å². The number of halogens is 1. The summed E-state index contributed by atoms with van der Waals surface area (Å²) in [6.07, 6.45) is 4.72. The highest BCUT2D eigenvalue weighted by Crippen LogP contribution is 2.63. The van der Waals surface area contributed by atoms with E-state index in [1.54, 1.807) is 19.3 Å². The Morgan fingerprint density at radius 1 is 1.25 bits per heavy atom. The van der Waals surface area contributed by atoms with Crippen molar-refractivity contribution in [3.63, 3.8) is 0 Å². The number of fused-ring (bicyclic) bond motifs is 2. The molecule has 2 heteroatoms. The topological polar surface area (TPSA) is 0 Å². The quantitative estimate of drug-likeness (QED) is 0.567. The first kappa shape index (κ1) is 11.1. The second-order valence-corrected chi connectivity index (χ2v) is 6.97. The fourth-order valence-electron chi connectivity index (χ4n) is 3.45. The molecule has 0 amide bonds. The maximum atomic E-state index is 2.50. The molecule has 3 aliphatic carbocycles. The molecule has 3 fully saturated rings. The highest BCUT2D eigenvalue weighted by atomic mass is 35.5. The van der Waals surface area contributed by atoms with Crippen LogP contribution in [0, 0.1) is 17.3 Å². The summed E-state index contributed by atoms with van der Waals surface area (Å²) >= 11 is 0.290. The largest absolute Gasteiger partial charge is 0.365 e. The molecule has 0 aromatic rings. The van der Waals surface area contributed by atoms with Crippen molar-refractivity contribution in [2.75, 3.05) is 0 Å². The van der Waals surface area contributed by atoms with E-state index in [0.29, 0.717) is 0 Å². The minimum Gasteiger partial charge on any atom is -0.157 e.